The molecule has 5 nitrogen and oxygen atoms in total. The minimum Gasteiger partial charge on any atom is -0.364 e. The van der Waals surface area contributed by atoms with Gasteiger partial charge in [0, 0.05) is 25.5 Å². The van der Waals surface area contributed by atoms with Crippen LogP contribution in [0.1, 0.15) is 20.3 Å². The molecule has 2 N–H and O–H groups in total. The number of hydrogen-bond acceptors (Lipinski definition) is 4. The van der Waals surface area contributed by atoms with Crippen molar-refractivity contribution in [3.8, 4) is 0 Å². The Balaban J connectivity index is 2.35. The fourth-order valence-corrected chi connectivity index (χ4v) is 1.55. The summed E-state index contributed by atoms with van der Waals surface area (Å²) in [7, 11) is 0. The number of aromatic nitrogens is 2. The molecule has 1 rings (SSSR count). The van der Waals surface area contributed by atoms with E-state index in [9.17, 15) is 4.79 Å². The van der Waals surface area contributed by atoms with E-state index in [2.05, 4.69) is 34.0 Å². The van der Waals surface area contributed by atoms with Crippen LogP contribution in [0.5, 0.6) is 0 Å². The van der Waals surface area contributed by atoms with Gasteiger partial charge in [-0.3, -0.25) is 4.79 Å². The van der Waals surface area contributed by atoms with Gasteiger partial charge in [-0.05, 0) is 19.5 Å². The first-order valence-electron chi connectivity index (χ1n) is 5.77. The van der Waals surface area contributed by atoms with E-state index in [0.717, 1.165) is 32.6 Å². The standard InChI is InChI=1S/C11H20N4O/c1-3-8-15(4-2)9-7-13-10-11(16)14-6-5-12-10/h5-6H,3-4,7-9H2,1-2H3,(H,12,13)(H,14,16). The summed E-state index contributed by atoms with van der Waals surface area (Å²) in [5.74, 6) is 0.398. The molecule has 0 spiro atoms. The van der Waals surface area contributed by atoms with Gasteiger partial charge in [0.05, 0.1) is 0 Å². The highest BCUT2D eigenvalue weighted by Gasteiger charge is 2.02. The predicted molar refractivity (Wildman–Crippen MR) is 65.8 cm³/mol. The van der Waals surface area contributed by atoms with Crippen molar-refractivity contribution in [3.05, 3.63) is 22.7 Å². The summed E-state index contributed by atoms with van der Waals surface area (Å²) in [6.07, 6.45) is 4.26. The zero-order valence-corrected chi connectivity index (χ0v) is 9.99. The molecule has 0 atom stereocenters. The van der Waals surface area contributed by atoms with E-state index in [1.54, 1.807) is 6.20 Å². The highest BCUT2D eigenvalue weighted by molar-refractivity contribution is 5.29. The summed E-state index contributed by atoms with van der Waals surface area (Å²) >= 11 is 0. The van der Waals surface area contributed by atoms with Crippen LogP contribution in [-0.2, 0) is 0 Å². The molecule has 90 valence electrons. The molecule has 0 unspecified atom stereocenters. The minimum atomic E-state index is -0.166. The fourth-order valence-electron chi connectivity index (χ4n) is 1.55. The second-order valence-electron chi connectivity index (χ2n) is 3.63. The molecule has 1 aromatic rings. The van der Waals surface area contributed by atoms with Gasteiger partial charge in [-0.1, -0.05) is 13.8 Å². The number of rotatable bonds is 7. The lowest BCUT2D eigenvalue weighted by Crippen LogP contribution is -2.30. The minimum absolute atomic E-state index is 0.166. The molecule has 0 saturated carbocycles. The van der Waals surface area contributed by atoms with Gasteiger partial charge in [-0.15, -0.1) is 0 Å². The Labute approximate surface area is 95.9 Å². The average Bonchev–Trinajstić information content (AvgIpc) is 2.30. The van der Waals surface area contributed by atoms with Crippen LogP contribution in [0.4, 0.5) is 5.82 Å². The Morgan fingerprint density at radius 1 is 1.44 bits per heavy atom. The van der Waals surface area contributed by atoms with E-state index in [4.69, 9.17) is 0 Å². The van der Waals surface area contributed by atoms with Gasteiger partial charge >= 0.3 is 0 Å². The fraction of sp³-hybridized carbons (Fsp3) is 0.636. The van der Waals surface area contributed by atoms with Crippen LogP contribution in [0.3, 0.4) is 0 Å². The van der Waals surface area contributed by atoms with E-state index in [-0.39, 0.29) is 5.56 Å². The quantitative estimate of drug-likeness (QED) is 0.723. The van der Waals surface area contributed by atoms with E-state index in [1.165, 1.54) is 6.20 Å². The third-order valence-electron chi connectivity index (χ3n) is 2.42. The number of hydrogen-bond donors (Lipinski definition) is 2. The van der Waals surface area contributed by atoms with Crippen molar-refractivity contribution in [3.63, 3.8) is 0 Å². The van der Waals surface area contributed by atoms with Crippen LogP contribution in [0.15, 0.2) is 17.2 Å². The zero-order chi connectivity index (χ0) is 11.8. The first-order chi connectivity index (χ1) is 7.77. The first kappa shape index (κ1) is 12.7. The average molecular weight is 224 g/mol. The largest absolute Gasteiger partial charge is 0.364 e. The smallest absolute Gasteiger partial charge is 0.290 e. The lowest BCUT2D eigenvalue weighted by molar-refractivity contribution is 0.300. The molecule has 0 amide bonds. The number of nitrogens with zero attached hydrogens (tertiary/aromatic N) is 2. The van der Waals surface area contributed by atoms with E-state index in [0.29, 0.717) is 5.82 Å². The van der Waals surface area contributed by atoms with Gasteiger partial charge in [-0.2, -0.15) is 0 Å². The Hall–Kier alpha value is -1.36. The van der Waals surface area contributed by atoms with Gasteiger partial charge in [-0.25, -0.2) is 4.98 Å². The second-order valence-corrected chi connectivity index (χ2v) is 3.63. The second kappa shape index (κ2) is 7.00. The monoisotopic (exact) mass is 224 g/mol. The summed E-state index contributed by atoms with van der Waals surface area (Å²) in [6, 6.07) is 0. The van der Waals surface area contributed by atoms with Gasteiger partial charge < -0.3 is 15.2 Å². The molecule has 0 fully saturated rings. The van der Waals surface area contributed by atoms with Gasteiger partial charge in [0.1, 0.15) is 0 Å². The Morgan fingerprint density at radius 2 is 2.25 bits per heavy atom. The lowest BCUT2D eigenvalue weighted by Gasteiger charge is -2.19. The van der Waals surface area contributed by atoms with Crippen molar-refractivity contribution in [2.45, 2.75) is 20.3 Å². The first-order valence-corrected chi connectivity index (χ1v) is 5.77. The molecule has 1 aromatic heterocycles. The SMILES string of the molecule is CCCN(CC)CCNc1ncc[nH]c1=O. The molecule has 1 heterocycles. The van der Waals surface area contributed by atoms with Gasteiger partial charge in [0.25, 0.3) is 5.56 Å². The summed E-state index contributed by atoms with van der Waals surface area (Å²) in [5, 5.41) is 3.04. The summed E-state index contributed by atoms with van der Waals surface area (Å²) in [5.41, 5.74) is -0.166. The highest BCUT2D eigenvalue weighted by atomic mass is 16.1. The number of anilines is 1. The molecule has 0 aliphatic carbocycles. The summed E-state index contributed by atoms with van der Waals surface area (Å²) in [4.78, 5) is 20.2. The van der Waals surface area contributed by atoms with Crippen molar-refractivity contribution < 1.29 is 0 Å². The Bertz CT molecular complexity index is 350. The zero-order valence-electron chi connectivity index (χ0n) is 9.99. The topological polar surface area (TPSA) is 61.0 Å². The number of aromatic amines is 1. The molecule has 0 aliphatic rings. The number of likely N-dealkylation sites (N-methyl/N-ethyl adjacent to an activating group) is 1. The highest BCUT2D eigenvalue weighted by Crippen LogP contribution is 1.92. The molecule has 5 heteroatoms. The molecule has 0 radical (unpaired) electrons. The van der Waals surface area contributed by atoms with Crippen LogP contribution < -0.4 is 10.9 Å². The van der Waals surface area contributed by atoms with Gasteiger partial charge in [0.2, 0.25) is 0 Å². The third kappa shape index (κ3) is 4.02. The third-order valence-corrected chi connectivity index (χ3v) is 2.42. The summed E-state index contributed by atoms with van der Waals surface area (Å²) < 4.78 is 0. The maximum absolute atomic E-state index is 11.3. The van der Waals surface area contributed by atoms with Crippen LogP contribution >= 0.6 is 0 Å². The van der Waals surface area contributed by atoms with E-state index < -0.39 is 0 Å². The van der Waals surface area contributed by atoms with Crippen LogP contribution in [0, 0.1) is 0 Å². The molecular weight excluding hydrogens is 204 g/mol. The molecule has 0 aromatic carbocycles. The summed E-state index contributed by atoms with van der Waals surface area (Å²) in [6.45, 7) is 8.11. The van der Waals surface area contributed by atoms with Crippen molar-refractivity contribution in [1.29, 1.82) is 0 Å². The molecular formula is C11H20N4O. The van der Waals surface area contributed by atoms with Gasteiger partial charge in [0.15, 0.2) is 5.82 Å². The van der Waals surface area contributed by atoms with Crippen LogP contribution in [0.25, 0.3) is 0 Å². The van der Waals surface area contributed by atoms with Crippen molar-refractivity contribution in [2.75, 3.05) is 31.5 Å². The van der Waals surface area contributed by atoms with Crippen LogP contribution in [0.2, 0.25) is 0 Å². The molecule has 0 aliphatic heterocycles. The van der Waals surface area contributed by atoms with E-state index in [1.807, 2.05) is 0 Å². The number of H-pyrrole nitrogens is 1. The Kier molecular flexibility index (Phi) is 5.56. The molecule has 0 saturated heterocycles. The lowest BCUT2D eigenvalue weighted by atomic mass is 10.4. The molecule has 0 bridgehead atoms. The van der Waals surface area contributed by atoms with Crippen molar-refractivity contribution >= 4 is 5.82 Å². The van der Waals surface area contributed by atoms with E-state index >= 15 is 0 Å². The molecule has 16 heavy (non-hydrogen) atoms. The predicted octanol–water partition coefficient (Wildman–Crippen LogP) is 0.914. The maximum Gasteiger partial charge on any atom is 0.290 e. The van der Waals surface area contributed by atoms with Crippen molar-refractivity contribution in [1.82, 2.24) is 14.9 Å². The maximum atomic E-state index is 11.3. The number of nitrogens with one attached hydrogen (secondary N) is 2. The van der Waals surface area contributed by atoms with Crippen LogP contribution in [-0.4, -0.2) is 41.0 Å². The normalized spacial score (nSPS) is 10.7. The van der Waals surface area contributed by atoms with Crippen molar-refractivity contribution in [2.24, 2.45) is 0 Å². The Morgan fingerprint density at radius 3 is 2.88 bits per heavy atom.